The number of benzene rings is 1. The molecule has 1 aromatic carbocycles. The van der Waals surface area contributed by atoms with Crippen LogP contribution in [-0.4, -0.2) is 37.2 Å². The Morgan fingerprint density at radius 1 is 1.30 bits per heavy atom. The molecule has 3 nitrogen and oxygen atoms in total. The minimum atomic E-state index is 0.633. The molecule has 1 aromatic rings. The van der Waals surface area contributed by atoms with E-state index >= 15 is 0 Å². The summed E-state index contributed by atoms with van der Waals surface area (Å²) >= 11 is 6.22. The van der Waals surface area contributed by atoms with Crippen molar-refractivity contribution < 1.29 is 4.74 Å². The van der Waals surface area contributed by atoms with Crippen molar-refractivity contribution >= 4 is 11.6 Å². The molecule has 0 saturated carbocycles. The third kappa shape index (κ3) is 2.32. The van der Waals surface area contributed by atoms with Gasteiger partial charge in [-0.2, -0.15) is 0 Å². The fourth-order valence-corrected chi connectivity index (χ4v) is 4.18. The lowest BCUT2D eigenvalue weighted by Gasteiger charge is -2.45. The molecule has 3 fully saturated rings. The first kappa shape index (κ1) is 12.9. The van der Waals surface area contributed by atoms with Crippen LogP contribution < -0.4 is 10.1 Å². The van der Waals surface area contributed by atoms with Crippen molar-refractivity contribution in [2.45, 2.75) is 31.8 Å². The first-order chi connectivity index (χ1) is 9.79. The number of ether oxygens (including phenoxy) is 1. The maximum Gasteiger partial charge on any atom is 0.127 e. The van der Waals surface area contributed by atoms with E-state index in [4.69, 9.17) is 16.3 Å². The van der Waals surface area contributed by atoms with Crippen LogP contribution in [0.25, 0.3) is 0 Å². The van der Waals surface area contributed by atoms with E-state index in [1.54, 1.807) is 0 Å². The molecule has 1 atom stereocenters. The second-order valence-electron chi connectivity index (χ2n) is 6.28. The van der Waals surface area contributed by atoms with Crippen molar-refractivity contribution in [1.82, 2.24) is 10.2 Å². The molecular weight excluding hydrogens is 272 g/mol. The first-order valence-corrected chi connectivity index (χ1v) is 8.07. The normalized spacial score (nSPS) is 31.1. The maximum absolute atomic E-state index is 6.22. The molecule has 108 valence electrons. The zero-order valence-electron chi connectivity index (χ0n) is 11.7. The van der Waals surface area contributed by atoms with E-state index in [-0.39, 0.29) is 0 Å². The molecule has 3 saturated heterocycles. The molecular formula is C16H21ClN2O. The molecule has 0 amide bonds. The second-order valence-corrected chi connectivity index (χ2v) is 6.71. The molecule has 4 aliphatic rings. The Balaban J connectivity index is 1.47. The van der Waals surface area contributed by atoms with Gasteiger partial charge >= 0.3 is 0 Å². The standard InChI is InChI=1S/C16H21ClN2O/c17-14-7-12-3-6-20-16(12)13(8-14)9-18-15-10-19-4-1-11(15)2-5-19/h7-8,11,15,18H,1-6,9-10H2. The van der Waals surface area contributed by atoms with Crippen LogP contribution in [0.3, 0.4) is 0 Å². The fraction of sp³-hybridized carbons (Fsp3) is 0.625. The van der Waals surface area contributed by atoms with Crippen LogP contribution in [0, 0.1) is 5.92 Å². The summed E-state index contributed by atoms with van der Waals surface area (Å²) in [5.74, 6) is 1.93. The quantitative estimate of drug-likeness (QED) is 0.926. The average molecular weight is 293 g/mol. The lowest BCUT2D eigenvalue weighted by atomic mass is 9.84. The Morgan fingerprint density at radius 3 is 2.90 bits per heavy atom. The molecule has 1 unspecified atom stereocenters. The lowest BCUT2D eigenvalue weighted by Crippen LogP contribution is -2.55. The van der Waals surface area contributed by atoms with E-state index in [0.717, 1.165) is 36.3 Å². The molecule has 0 spiro atoms. The Kier molecular flexibility index (Phi) is 3.37. The van der Waals surface area contributed by atoms with E-state index in [9.17, 15) is 0 Å². The summed E-state index contributed by atoms with van der Waals surface area (Å²) in [6, 6.07) is 4.73. The summed E-state index contributed by atoms with van der Waals surface area (Å²) in [5.41, 5.74) is 2.49. The maximum atomic E-state index is 6.22. The van der Waals surface area contributed by atoms with Crippen molar-refractivity contribution in [3.05, 3.63) is 28.3 Å². The highest BCUT2D eigenvalue weighted by molar-refractivity contribution is 6.30. The molecule has 2 bridgehead atoms. The highest BCUT2D eigenvalue weighted by atomic mass is 35.5. The van der Waals surface area contributed by atoms with Crippen molar-refractivity contribution in [2.75, 3.05) is 26.2 Å². The SMILES string of the molecule is Clc1cc2c(c(CNC3CN4CCC3CC4)c1)OCC2. The molecule has 1 N–H and O–H groups in total. The minimum Gasteiger partial charge on any atom is -0.493 e. The van der Waals surface area contributed by atoms with Crippen LogP contribution in [0.15, 0.2) is 12.1 Å². The third-order valence-electron chi connectivity index (χ3n) is 5.04. The van der Waals surface area contributed by atoms with Gasteiger partial charge in [0.25, 0.3) is 0 Å². The van der Waals surface area contributed by atoms with Gasteiger partial charge in [0, 0.05) is 36.1 Å². The number of halogens is 1. The summed E-state index contributed by atoms with van der Waals surface area (Å²) in [5, 5.41) is 4.58. The predicted molar refractivity (Wildman–Crippen MR) is 80.4 cm³/mol. The zero-order valence-corrected chi connectivity index (χ0v) is 12.5. The average Bonchev–Trinajstić information content (AvgIpc) is 2.94. The Morgan fingerprint density at radius 2 is 2.15 bits per heavy atom. The smallest absolute Gasteiger partial charge is 0.127 e. The number of nitrogens with zero attached hydrogens (tertiary/aromatic N) is 1. The monoisotopic (exact) mass is 292 g/mol. The number of hydrogen-bond acceptors (Lipinski definition) is 3. The Hall–Kier alpha value is -0.770. The predicted octanol–water partition coefficient (Wildman–Crippen LogP) is 2.46. The largest absolute Gasteiger partial charge is 0.493 e. The van der Waals surface area contributed by atoms with E-state index in [0.29, 0.717) is 6.04 Å². The highest BCUT2D eigenvalue weighted by Crippen LogP contribution is 2.33. The van der Waals surface area contributed by atoms with Crippen LogP contribution in [0.2, 0.25) is 5.02 Å². The van der Waals surface area contributed by atoms with Crippen LogP contribution >= 0.6 is 11.6 Å². The number of rotatable bonds is 3. The van der Waals surface area contributed by atoms with Gasteiger partial charge in [-0.05, 0) is 49.5 Å². The molecule has 0 radical (unpaired) electrons. The topological polar surface area (TPSA) is 24.5 Å². The molecule has 20 heavy (non-hydrogen) atoms. The third-order valence-corrected chi connectivity index (χ3v) is 5.25. The van der Waals surface area contributed by atoms with Crippen molar-refractivity contribution in [3.8, 4) is 5.75 Å². The van der Waals surface area contributed by atoms with Gasteiger partial charge in [0.1, 0.15) is 5.75 Å². The number of nitrogens with one attached hydrogen (secondary N) is 1. The van der Waals surface area contributed by atoms with Gasteiger partial charge in [-0.1, -0.05) is 11.6 Å². The Labute approximate surface area is 125 Å². The Bertz CT molecular complexity index is 511. The van der Waals surface area contributed by atoms with Crippen LogP contribution in [-0.2, 0) is 13.0 Å². The van der Waals surface area contributed by atoms with Gasteiger partial charge in [0.2, 0.25) is 0 Å². The van der Waals surface area contributed by atoms with Gasteiger partial charge < -0.3 is 15.0 Å². The van der Waals surface area contributed by atoms with Crippen LogP contribution in [0.1, 0.15) is 24.0 Å². The summed E-state index contributed by atoms with van der Waals surface area (Å²) in [6.07, 6.45) is 3.69. The fourth-order valence-electron chi connectivity index (χ4n) is 3.91. The van der Waals surface area contributed by atoms with Gasteiger partial charge in [0.15, 0.2) is 0 Å². The van der Waals surface area contributed by atoms with Crippen molar-refractivity contribution in [1.29, 1.82) is 0 Å². The van der Waals surface area contributed by atoms with Gasteiger partial charge in [0.05, 0.1) is 6.61 Å². The van der Waals surface area contributed by atoms with Gasteiger partial charge in [-0.15, -0.1) is 0 Å². The summed E-state index contributed by atoms with van der Waals surface area (Å²) in [4.78, 5) is 2.58. The number of piperidine rings is 3. The van der Waals surface area contributed by atoms with E-state index in [1.165, 1.54) is 43.6 Å². The molecule has 4 heteroatoms. The molecule has 4 heterocycles. The molecule has 5 rings (SSSR count). The molecule has 0 aromatic heterocycles. The molecule has 4 aliphatic heterocycles. The number of hydrogen-bond donors (Lipinski definition) is 1. The highest BCUT2D eigenvalue weighted by Gasteiger charge is 2.33. The summed E-state index contributed by atoms with van der Waals surface area (Å²) in [6.45, 7) is 5.45. The van der Waals surface area contributed by atoms with Gasteiger partial charge in [-0.3, -0.25) is 0 Å². The second kappa shape index (κ2) is 5.21. The number of fused-ring (bicyclic) bond motifs is 4. The lowest BCUT2D eigenvalue weighted by molar-refractivity contribution is 0.0719. The van der Waals surface area contributed by atoms with E-state index < -0.39 is 0 Å². The van der Waals surface area contributed by atoms with Gasteiger partial charge in [-0.25, -0.2) is 0 Å². The van der Waals surface area contributed by atoms with Crippen LogP contribution in [0.4, 0.5) is 0 Å². The van der Waals surface area contributed by atoms with E-state index in [2.05, 4.69) is 16.3 Å². The molecule has 0 aliphatic carbocycles. The summed E-state index contributed by atoms with van der Waals surface area (Å²) in [7, 11) is 0. The van der Waals surface area contributed by atoms with E-state index in [1.807, 2.05) is 6.07 Å². The minimum absolute atomic E-state index is 0.633. The zero-order chi connectivity index (χ0) is 13.5. The van der Waals surface area contributed by atoms with Crippen molar-refractivity contribution in [2.24, 2.45) is 5.92 Å². The summed E-state index contributed by atoms with van der Waals surface area (Å²) < 4.78 is 5.78. The van der Waals surface area contributed by atoms with Crippen molar-refractivity contribution in [3.63, 3.8) is 0 Å². The first-order valence-electron chi connectivity index (χ1n) is 7.69. The van der Waals surface area contributed by atoms with Crippen LogP contribution in [0.5, 0.6) is 5.75 Å².